The van der Waals surface area contributed by atoms with Crippen molar-refractivity contribution in [3.63, 3.8) is 0 Å². The number of carboxylic acids is 1. The molecule has 0 aliphatic rings. The van der Waals surface area contributed by atoms with Gasteiger partial charge >= 0.3 is 5.97 Å². The largest absolute Gasteiger partial charge is 0.497 e. The van der Waals surface area contributed by atoms with Gasteiger partial charge in [0, 0.05) is 11.7 Å². The molecule has 6 nitrogen and oxygen atoms in total. The Morgan fingerprint density at radius 2 is 1.64 bits per heavy atom. The lowest BCUT2D eigenvalue weighted by atomic mass is 9.99. The Labute approximate surface area is 199 Å². The molecule has 7 heteroatoms. The van der Waals surface area contributed by atoms with E-state index >= 15 is 0 Å². The van der Waals surface area contributed by atoms with E-state index in [2.05, 4.69) is 17.9 Å². The number of carbonyl (C=O) groups is 2. The van der Waals surface area contributed by atoms with E-state index in [9.17, 15) is 14.7 Å². The van der Waals surface area contributed by atoms with Crippen LogP contribution in [0.4, 0.5) is 0 Å². The van der Waals surface area contributed by atoms with Crippen LogP contribution in [0.5, 0.6) is 17.2 Å². The number of ether oxygens (including phenoxy) is 2. The van der Waals surface area contributed by atoms with Crippen molar-refractivity contribution in [1.29, 1.82) is 0 Å². The summed E-state index contributed by atoms with van der Waals surface area (Å²) < 4.78 is 11.0. The van der Waals surface area contributed by atoms with Gasteiger partial charge in [0.25, 0.3) is 0 Å². The Bertz CT molecular complexity index is 1060. The minimum absolute atomic E-state index is 0.325. The molecule has 3 aromatic rings. The van der Waals surface area contributed by atoms with E-state index in [1.54, 1.807) is 55.6 Å². The predicted molar refractivity (Wildman–Crippen MR) is 130 cm³/mol. The number of nitrogens with one attached hydrogen (secondary N) is 1. The van der Waals surface area contributed by atoms with Gasteiger partial charge in [0.05, 0.1) is 7.11 Å². The van der Waals surface area contributed by atoms with E-state index < -0.39 is 17.9 Å². The van der Waals surface area contributed by atoms with Crippen LogP contribution in [-0.2, 0) is 16.0 Å². The summed E-state index contributed by atoms with van der Waals surface area (Å²) in [6.07, 6.45) is 1.29. The van der Waals surface area contributed by atoms with Crippen LogP contribution in [-0.4, -0.2) is 29.8 Å². The summed E-state index contributed by atoms with van der Waals surface area (Å²) >= 11 is 4.31. The molecule has 0 aliphatic carbocycles. The molecule has 0 spiro atoms. The number of benzene rings is 3. The van der Waals surface area contributed by atoms with Crippen molar-refractivity contribution in [2.75, 3.05) is 12.9 Å². The second-order valence-corrected chi connectivity index (χ2v) is 7.90. The number of carboxylic acid groups (broad SMARTS) is 1. The van der Waals surface area contributed by atoms with Crippen LogP contribution in [0.3, 0.4) is 0 Å². The van der Waals surface area contributed by atoms with E-state index in [1.165, 1.54) is 0 Å². The topological polar surface area (TPSA) is 84.9 Å². The van der Waals surface area contributed by atoms with Gasteiger partial charge < -0.3 is 19.9 Å². The van der Waals surface area contributed by atoms with Crippen molar-refractivity contribution in [3.05, 3.63) is 90.0 Å². The number of aryl methyl sites for hydroxylation is 1. The average molecular weight is 466 g/mol. The van der Waals surface area contributed by atoms with Gasteiger partial charge in [-0.2, -0.15) is 12.6 Å². The van der Waals surface area contributed by atoms with Gasteiger partial charge in [-0.15, -0.1) is 0 Å². The predicted octanol–water partition coefficient (Wildman–Crippen LogP) is 4.91. The zero-order valence-corrected chi connectivity index (χ0v) is 19.2. The van der Waals surface area contributed by atoms with Crippen molar-refractivity contribution in [1.82, 2.24) is 5.32 Å². The fourth-order valence-corrected chi connectivity index (χ4v) is 3.72. The summed E-state index contributed by atoms with van der Waals surface area (Å²) in [4.78, 5) is 24.8. The monoisotopic (exact) mass is 465 g/mol. The van der Waals surface area contributed by atoms with Crippen molar-refractivity contribution < 1.29 is 24.2 Å². The van der Waals surface area contributed by atoms with Crippen LogP contribution in [0.15, 0.2) is 78.9 Å². The van der Waals surface area contributed by atoms with Gasteiger partial charge in [0.15, 0.2) is 6.04 Å². The van der Waals surface area contributed by atoms with Gasteiger partial charge in [0.1, 0.15) is 17.2 Å². The number of rotatable bonds is 11. The number of amides is 1. The molecular formula is C26H27NO5S. The summed E-state index contributed by atoms with van der Waals surface area (Å²) in [7, 11) is 1.58. The minimum atomic E-state index is -1.20. The van der Waals surface area contributed by atoms with Crippen molar-refractivity contribution in [3.8, 4) is 17.2 Å². The summed E-state index contributed by atoms with van der Waals surface area (Å²) in [5.41, 5.74) is 1.54. The molecule has 2 atom stereocenters. The fraction of sp³-hybridized carbons (Fsp3) is 0.231. The highest BCUT2D eigenvalue weighted by molar-refractivity contribution is 7.80. The number of methoxy groups -OCH3 is 1. The molecule has 0 heterocycles. The standard InChI is InChI=1S/C26H27NO5S/c1-31-21-12-14-22(15-13-21)32-23-9-5-8-19(16-23)24(26(29)30)27-25(28)20(17-33)11-10-18-6-3-2-4-7-18/h2-9,12-16,20,24,33H,10-11,17H2,1H3,(H,27,28)(H,29,30). The zero-order chi connectivity index (χ0) is 23.6. The highest BCUT2D eigenvalue weighted by Crippen LogP contribution is 2.27. The summed E-state index contributed by atoms with van der Waals surface area (Å²) in [6, 6.07) is 22.4. The Morgan fingerprint density at radius 3 is 2.27 bits per heavy atom. The Hall–Kier alpha value is -3.45. The third-order valence-corrected chi connectivity index (χ3v) is 5.68. The average Bonchev–Trinajstić information content (AvgIpc) is 2.84. The first-order valence-corrected chi connectivity index (χ1v) is 11.2. The molecule has 0 radical (unpaired) electrons. The molecule has 0 bridgehead atoms. The molecule has 1 amide bonds. The van der Waals surface area contributed by atoms with Crippen molar-refractivity contribution in [2.24, 2.45) is 5.92 Å². The van der Waals surface area contributed by atoms with E-state index in [-0.39, 0.29) is 5.91 Å². The quantitative estimate of drug-likeness (QED) is 0.351. The SMILES string of the molecule is COc1ccc(Oc2cccc(C(NC(=O)C(CS)CCc3ccccc3)C(=O)O)c2)cc1. The van der Waals surface area contributed by atoms with E-state index in [4.69, 9.17) is 9.47 Å². The third kappa shape index (κ3) is 7.02. The maximum atomic E-state index is 12.9. The van der Waals surface area contributed by atoms with E-state index in [1.807, 2.05) is 30.3 Å². The molecule has 2 N–H and O–H groups in total. The lowest BCUT2D eigenvalue weighted by Crippen LogP contribution is -2.38. The molecular weight excluding hydrogens is 438 g/mol. The molecule has 0 aliphatic heterocycles. The molecule has 2 unspecified atom stereocenters. The van der Waals surface area contributed by atoms with Gasteiger partial charge in [0.2, 0.25) is 5.91 Å². The second-order valence-electron chi connectivity index (χ2n) is 7.53. The number of aliphatic carboxylic acids is 1. The zero-order valence-electron chi connectivity index (χ0n) is 18.3. The minimum Gasteiger partial charge on any atom is -0.497 e. The molecule has 172 valence electrons. The van der Waals surface area contributed by atoms with Crippen LogP contribution < -0.4 is 14.8 Å². The van der Waals surface area contributed by atoms with Crippen molar-refractivity contribution >= 4 is 24.5 Å². The Balaban J connectivity index is 1.68. The highest BCUT2D eigenvalue weighted by atomic mass is 32.1. The molecule has 0 saturated heterocycles. The highest BCUT2D eigenvalue weighted by Gasteiger charge is 2.26. The molecule has 0 saturated carbocycles. The van der Waals surface area contributed by atoms with Crippen LogP contribution in [0.2, 0.25) is 0 Å². The summed E-state index contributed by atoms with van der Waals surface area (Å²) in [5, 5.41) is 12.5. The molecule has 3 rings (SSSR count). The summed E-state index contributed by atoms with van der Waals surface area (Å²) in [6.45, 7) is 0. The van der Waals surface area contributed by atoms with Crippen LogP contribution in [0, 0.1) is 5.92 Å². The van der Waals surface area contributed by atoms with E-state index in [0.29, 0.717) is 41.4 Å². The normalized spacial score (nSPS) is 12.4. The van der Waals surface area contributed by atoms with E-state index in [0.717, 1.165) is 5.56 Å². The maximum absolute atomic E-state index is 12.9. The number of thiol groups is 1. The van der Waals surface area contributed by atoms with Crippen molar-refractivity contribution in [2.45, 2.75) is 18.9 Å². The lowest BCUT2D eigenvalue weighted by molar-refractivity contribution is -0.142. The first-order valence-electron chi connectivity index (χ1n) is 10.6. The molecule has 3 aromatic carbocycles. The number of carbonyl (C=O) groups excluding carboxylic acids is 1. The van der Waals surface area contributed by atoms with Gasteiger partial charge in [-0.1, -0.05) is 42.5 Å². The summed E-state index contributed by atoms with van der Waals surface area (Å²) in [5.74, 6) is 0.185. The molecule has 33 heavy (non-hydrogen) atoms. The molecule has 0 aromatic heterocycles. The van der Waals surface area contributed by atoms with Crippen LogP contribution in [0.1, 0.15) is 23.6 Å². The number of hydrogen-bond acceptors (Lipinski definition) is 5. The smallest absolute Gasteiger partial charge is 0.330 e. The number of hydrogen-bond donors (Lipinski definition) is 3. The Kier molecular flexibility index (Phi) is 8.78. The second kappa shape index (κ2) is 12.0. The van der Waals surface area contributed by atoms with Gasteiger partial charge in [-0.05, 0) is 60.4 Å². The molecule has 0 fully saturated rings. The van der Waals surface area contributed by atoms with Gasteiger partial charge in [-0.25, -0.2) is 4.79 Å². The Morgan fingerprint density at radius 1 is 0.939 bits per heavy atom. The van der Waals surface area contributed by atoms with Crippen LogP contribution in [0.25, 0.3) is 0 Å². The first-order chi connectivity index (χ1) is 16.0. The van der Waals surface area contributed by atoms with Crippen LogP contribution >= 0.6 is 12.6 Å². The fourth-order valence-electron chi connectivity index (χ4n) is 3.38. The van der Waals surface area contributed by atoms with Gasteiger partial charge in [-0.3, -0.25) is 4.79 Å². The maximum Gasteiger partial charge on any atom is 0.330 e. The first kappa shape index (κ1) is 24.2. The third-order valence-electron chi connectivity index (χ3n) is 5.24. The lowest BCUT2D eigenvalue weighted by Gasteiger charge is -2.20.